The minimum atomic E-state index is -0.754. The molecule has 2 rings (SSSR count). The molecular formula is C15H15FN2O3. The smallest absolute Gasteiger partial charge is 0.250 e. The molecule has 0 radical (unpaired) electrons. The van der Waals surface area contributed by atoms with Crippen molar-refractivity contribution in [1.29, 1.82) is 0 Å². The Hall–Kier alpha value is -2.60. The summed E-state index contributed by atoms with van der Waals surface area (Å²) in [5.74, 6) is -1.17. The van der Waals surface area contributed by atoms with Crippen LogP contribution in [0.1, 0.15) is 15.9 Å². The van der Waals surface area contributed by atoms with Crippen molar-refractivity contribution in [2.75, 3.05) is 12.3 Å². The molecule has 0 aliphatic rings. The molecule has 0 aromatic heterocycles. The highest BCUT2D eigenvalue weighted by Gasteiger charge is 2.13. The minimum absolute atomic E-state index is 0.00306. The Labute approximate surface area is 120 Å². The van der Waals surface area contributed by atoms with Gasteiger partial charge in [-0.3, -0.25) is 4.79 Å². The first kappa shape index (κ1) is 14.8. The van der Waals surface area contributed by atoms with E-state index in [1.165, 1.54) is 6.07 Å². The number of ether oxygens (including phenoxy) is 1. The Balaban J connectivity index is 2.26. The number of nitrogens with two attached hydrogens (primary N) is 2. The van der Waals surface area contributed by atoms with E-state index in [9.17, 15) is 9.18 Å². The lowest BCUT2D eigenvalue weighted by Gasteiger charge is -2.10. The molecule has 0 aliphatic carbocycles. The molecule has 0 saturated carbocycles. The maximum Gasteiger partial charge on any atom is 0.250 e. The molecule has 0 bridgehead atoms. The highest BCUT2D eigenvalue weighted by molar-refractivity contribution is 5.98. The van der Waals surface area contributed by atoms with Crippen LogP contribution in [0.2, 0.25) is 0 Å². The van der Waals surface area contributed by atoms with Crippen LogP contribution in [0.15, 0.2) is 36.4 Å². The third-order valence-corrected chi connectivity index (χ3v) is 2.92. The summed E-state index contributed by atoms with van der Waals surface area (Å²) in [6, 6.07) is 8.98. The predicted molar refractivity (Wildman–Crippen MR) is 76.6 cm³/mol. The van der Waals surface area contributed by atoms with Crippen molar-refractivity contribution in [3.8, 4) is 11.5 Å². The van der Waals surface area contributed by atoms with Crippen LogP contribution < -0.4 is 16.2 Å². The minimum Gasteiger partial charge on any atom is -0.454 e. The number of hydrogen-bond acceptors (Lipinski definition) is 4. The van der Waals surface area contributed by atoms with Crippen LogP contribution >= 0.6 is 0 Å². The average Bonchev–Trinajstić information content (AvgIpc) is 2.43. The second kappa shape index (κ2) is 6.23. The van der Waals surface area contributed by atoms with Crippen LogP contribution in [0, 0.1) is 5.82 Å². The quantitative estimate of drug-likeness (QED) is 0.732. The molecule has 0 unspecified atom stereocenters. The van der Waals surface area contributed by atoms with Crippen LogP contribution in [0.25, 0.3) is 0 Å². The van der Waals surface area contributed by atoms with Crippen molar-refractivity contribution < 1.29 is 19.0 Å². The fourth-order valence-corrected chi connectivity index (χ4v) is 1.84. The first-order chi connectivity index (χ1) is 10.0. The molecule has 0 heterocycles. The summed E-state index contributed by atoms with van der Waals surface area (Å²) in [5, 5.41) is 8.83. The zero-order valence-electron chi connectivity index (χ0n) is 11.2. The van der Waals surface area contributed by atoms with Crippen LogP contribution in [0.3, 0.4) is 0 Å². The summed E-state index contributed by atoms with van der Waals surface area (Å²) in [5.41, 5.74) is 11.6. The standard InChI is InChI=1S/C15H15FN2O3/c16-12-8-13(17)11(15(18)20)7-14(12)21-10-3-1-9(2-4-10)5-6-19/h1-4,7-8,19H,5-6,17H2,(H2,18,20). The number of halogens is 1. The second-order valence-corrected chi connectivity index (χ2v) is 4.45. The summed E-state index contributed by atoms with van der Waals surface area (Å²) in [7, 11) is 0. The Morgan fingerprint density at radius 2 is 1.90 bits per heavy atom. The van der Waals surface area contributed by atoms with Crippen molar-refractivity contribution in [1.82, 2.24) is 0 Å². The SMILES string of the molecule is NC(=O)c1cc(Oc2ccc(CCO)cc2)c(F)cc1N. The lowest BCUT2D eigenvalue weighted by atomic mass is 10.1. The summed E-state index contributed by atoms with van der Waals surface area (Å²) in [6.45, 7) is 0.0504. The molecule has 0 aliphatic heterocycles. The molecular weight excluding hydrogens is 275 g/mol. The largest absolute Gasteiger partial charge is 0.454 e. The van der Waals surface area contributed by atoms with E-state index in [1.54, 1.807) is 24.3 Å². The number of carbonyl (C=O) groups is 1. The molecule has 2 aromatic carbocycles. The van der Waals surface area contributed by atoms with Gasteiger partial charge in [0.2, 0.25) is 0 Å². The summed E-state index contributed by atoms with van der Waals surface area (Å²) in [6.07, 6.45) is 0.530. The maximum absolute atomic E-state index is 13.8. The number of hydrogen-bond donors (Lipinski definition) is 3. The van der Waals surface area contributed by atoms with Gasteiger partial charge >= 0.3 is 0 Å². The molecule has 6 heteroatoms. The number of rotatable bonds is 5. The van der Waals surface area contributed by atoms with Gasteiger partial charge in [0.1, 0.15) is 5.75 Å². The molecule has 5 N–H and O–H groups in total. The van der Waals surface area contributed by atoms with E-state index in [1.807, 2.05) is 0 Å². The van der Waals surface area contributed by atoms with E-state index in [-0.39, 0.29) is 23.6 Å². The highest BCUT2D eigenvalue weighted by atomic mass is 19.1. The van der Waals surface area contributed by atoms with E-state index in [4.69, 9.17) is 21.3 Å². The molecule has 0 fully saturated rings. The normalized spacial score (nSPS) is 10.4. The van der Waals surface area contributed by atoms with E-state index in [2.05, 4.69) is 0 Å². The Morgan fingerprint density at radius 1 is 1.24 bits per heavy atom. The first-order valence-electron chi connectivity index (χ1n) is 6.27. The van der Waals surface area contributed by atoms with Crippen LogP contribution in [-0.2, 0) is 6.42 Å². The van der Waals surface area contributed by atoms with Gasteiger partial charge in [-0.2, -0.15) is 0 Å². The highest BCUT2D eigenvalue weighted by Crippen LogP contribution is 2.28. The number of carbonyl (C=O) groups excluding carboxylic acids is 1. The number of aliphatic hydroxyl groups is 1. The van der Waals surface area contributed by atoms with Crippen molar-refractivity contribution in [2.24, 2.45) is 5.73 Å². The molecule has 21 heavy (non-hydrogen) atoms. The van der Waals surface area contributed by atoms with E-state index in [0.717, 1.165) is 11.6 Å². The summed E-state index contributed by atoms with van der Waals surface area (Å²) in [4.78, 5) is 11.2. The zero-order valence-corrected chi connectivity index (χ0v) is 11.2. The van der Waals surface area contributed by atoms with Crippen LogP contribution in [-0.4, -0.2) is 17.6 Å². The Bertz CT molecular complexity index is 657. The lowest BCUT2D eigenvalue weighted by molar-refractivity contribution is 0.100. The van der Waals surface area contributed by atoms with E-state index >= 15 is 0 Å². The van der Waals surface area contributed by atoms with Gasteiger partial charge in [-0.1, -0.05) is 12.1 Å². The van der Waals surface area contributed by atoms with Gasteiger partial charge in [-0.05, 0) is 30.2 Å². The monoisotopic (exact) mass is 290 g/mol. The lowest BCUT2D eigenvalue weighted by Crippen LogP contribution is -2.14. The Kier molecular flexibility index (Phi) is 4.39. The number of nitrogen functional groups attached to an aromatic ring is 1. The third kappa shape index (κ3) is 3.49. The fraction of sp³-hybridized carbons (Fsp3) is 0.133. The zero-order chi connectivity index (χ0) is 15.4. The predicted octanol–water partition coefficient (Wildman–Crippen LogP) is 1.83. The molecule has 0 spiro atoms. The topological polar surface area (TPSA) is 98.6 Å². The summed E-state index contributed by atoms with van der Waals surface area (Å²) < 4.78 is 19.2. The van der Waals surface area contributed by atoms with Crippen LogP contribution in [0.5, 0.6) is 11.5 Å². The van der Waals surface area contributed by atoms with E-state index < -0.39 is 11.7 Å². The van der Waals surface area contributed by atoms with Crippen molar-refractivity contribution >= 4 is 11.6 Å². The van der Waals surface area contributed by atoms with Gasteiger partial charge in [0.05, 0.1) is 5.56 Å². The van der Waals surface area contributed by atoms with Gasteiger partial charge in [0.15, 0.2) is 11.6 Å². The third-order valence-electron chi connectivity index (χ3n) is 2.92. The van der Waals surface area contributed by atoms with Gasteiger partial charge in [0, 0.05) is 18.4 Å². The molecule has 110 valence electrons. The van der Waals surface area contributed by atoms with Crippen molar-refractivity contribution in [2.45, 2.75) is 6.42 Å². The molecule has 5 nitrogen and oxygen atoms in total. The molecule has 2 aromatic rings. The van der Waals surface area contributed by atoms with Crippen LogP contribution in [0.4, 0.5) is 10.1 Å². The number of anilines is 1. The van der Waals surface area contributed by atoms with Gasteiger partial charge in [-0.15, -0.1) is 0 Å². The number of primary amides is 1. The van der Waals surface area contributed by atoms with Crippen molar-refractivity contribution in [3.63, 3.8) is 0 Å². The summed E-state index contributed by atoms with van der Waals surface area (Å²) >= 11 is 0. The first-order valence-corrected chi connectivity index (χ1v) is 6.27. The van der Waals surface area contributed by atoms with Crippen molar-refractivity contribution in [3.05, 3.63) is 53.3 Å². The number of aliphatic hydroxyl groups excluding tert-OH is 1. The van der Waals surface area contributed by atoms with Gasteiger partial charge < -0.3 is 21.3 Å². The molecule has 0 saturated heterocycles. The second-order valence-electron chi connectivity index (χ2n) is 4.45. The van der Waals surface area contributed by atoms with Gasteiger partial charge in [-0.25, -0.2) is 4.39 Å². The number of amides is 1. The molecule has 1 amide bonds. The number of benzene rings is 2. The molecule has 0 atom stereocenters. The maximum atomic E-state index is 13.8. The average molecular weight is 290 g/mol. The van der Waals surface area contributed by atoms with Gasteiger partial charge in [0.25, 0.3) is 5.91 Å². The van der Waals surface area contributed by atoms with E-state index in [0.29, 0.717) is 12.2 Å². The fourth-order valence-electron chi connectivity index (χ4n) is 1.84. The Morgan fingerprint density at radius 3 is 2.48 bits per heavy atom.